The van der Waals surface area contributed by atoms with Crippen LogP contribution < -0.4 is 10.2 Å². The van der Waals surface area contributed by atoms with E-state index in [2.05, 4.69) is 20.2 Å². The van der Waals surface area contributed by atoms with E-state index in [0.717, 1.165) is 35.7 Å². The quantitative estimate of drug-likeness (QED) is 0.625. The van der Waals surface area contributed by atoms with E-state index in [9.17, 15) is 4.79 Å². The molecule has 1 aromatic carbocycles. The van der Waals surface area contributed by atoms with E-state index in [0.29, 0.717) is 31.3 Å². The summed E-state index contributed by atoms with van der Waals surface area (Å²) in [4.78, 5) is 27.8. The van der Waals surface area contributed by atoms with Crippen molar-refractivity contribution in [2.75, 3.05) is 43.1 Å². The number of ether oxygens (including phenoxy) is 2. The highest BCUT2D eigenvalue weighted by Gasteiger charge is 2.20. The SMILES string of the molecule is CCOC(=O)c1cncc(-c2cnc(Nc3ccccc3)nc2N2CCOCC2)c1. The Labute approximate surface area is 174 Å². The van der Waals surface area contributed by atoms with Crippen molar-refractivity contribution in [3.05, 3.63) is 60.6 Å². The molecule has 0 amide bonds. The van der Waals surface area contributed by atoms with Crippen LogP contribution in [0.2, 0.25) is 0 Å². The molecule has 0 aliphatic carbocycles. The van der Waals surface area contributed by atoms with Crippen LogP contribution in [-0.4, -0.2) is 53.8 Å². The van der Waals surface area contributed by atoms with Crippen LogP contribution in [-0.2, 0) is 9.47 Å². The van der Waals surface area contributed by atoms with E-state index in [4.69, 9.17) is 14.5 Å². The first-order valence-electron chi connectivity index (χ1n) is 9.89. The number of carbonyl (C=O) groups is 1. The molecule has 3 aromatic rings. The first-order valence-corrected chi connectivity index (χ1v) is 9.89. The highest BCUT2D eigenvalue weighted by molar-refractivity contribution is 5.91. The molecule has 0 unspecified atom stereocenters. The minimum absolute atomic E-state index is 0.311. The van der Waals surface area contributed by atoms with Crippen LogP contribution >= 0.6 is 0 Å². The Kier molecular flexibility index (Phi) is 6.14. The van der Waals surface area contributed by atoms with Gasteiger partial charge in [0.1, 0.15) is 5.82 Å². The lowest BCUT2D eigenvalue weighted by Gasteiger charge is -2.29. The molecule has 1 aliphatic rings. The van der Waals surface area contributed by atoms with Crippen molar-refractivity contribution in [1.82, 2.24) is 15.0 Å². The van der Waals surface area contributed by atoms with Crippen molar-refractivity contribution in [2.24, 2.45) is 0 Å². The van der Waals surface area contributed by atoms with Crippen LogP contribution in [0.25, 0.3) is 11.1 Å². The number of morpholine rings is 1. The van der Waals surface area contributed by atoms with Crippen molar-refractivity contribution < 1.29 is 14.3 Å². The topological polar surface area (TPSA) is 89.5 Å². The van der Waals surface area contributed by atoms with Crippen molar-refractivity contribution in [2.45, 2.75) is 6.92 Å². The van der Waals surface area contributed by atoms with Crippen LogP contribution in [0.5, 0.6) is 0 Å². The predicted molar refractivity (Wildman–Crippen MR) is 114 cm³/mol. The summed E-state index contributed by atoms with van der Waals surface area (Å²) in [5, 5.41) is 3.24. The fraction of sp³-hybridized carbons (Fsp3) is 0.273. The maximum absolute atomic E-state index is 12.1. The largest absolute Gasteiger partial charge is 0.462 e. The lowest BCUT2D eigenvalue weighted by molar-refractivity contribution is 0.0526. The lowest BCUT2D eigenvalue weighted by atomic mass is 10.1. The van der Waals surface area contributed by atoms with Crippen LogP contribution in [0.4, 0.5) is 17.5 Å². The van der Waals surface area contributed by atoms with Gasteiger partial charge in [-0.3, -0.25) is 4.98 Å². The number of rotatable bonds is 6. The molecule has 1 saturated heterocycles. The smallest absolute Gasteiger partial charge is 0.339 e. The van der Waals surface area contributed by atoms with Gasteiger partial charge in [0.05, 0.1) is 25.4 Å². The minimum atomic E-state index is -0.400. The molecule has 1 aliphatic heterocycles. The number of benzene rings is 1. The monoisotopic (exact) mass is 405 g/mol. The van der Waals surface area contributed by atoms with Gasteiger partial charge in [-0.1, -0.05) is 18.2 Å². The summed E-state index contributed by atoms with van der Waals surface area (Å²) in [6.45, 7) is 4.79. The maximum atomic E-state index is 12.1. The van der Waals surface area contributed by atoms with Gasteiger partial charge in [-0.15, -0.1) is 0 Å². The Morgan fingerprint density at radius 3 is 2.73 bits per heavy atom. The molecule has 0 spiro atoms. The van der Waals surface area contributed by atoms with Gasteiger partial charge in [-0.25, -0.2) is 9.78 Å². The third-order valence-electron chi connectivity index (χ3n) is 4.67. The van der Waals surface area contributed by atoms with Gasteiger partial charge < -0.3 is 19.7 Å². The van der Waals surface area contributed by atoms with E-state index < -0.39 is 5.97 Å². The second-order valence-electron chi connectivity index (χ2n) is 6.70. The van der Waals surface area contributed by atoms with Gasteiger partial charge in [0.25, 0.3) is 0 Å². The van der Waals surface area contributed by atoms with Crippen LogP contribution in [0.1, 0.15) is 17.3 Å². The number of pyridine rings is 1. The number of anilines is 3. The number of para-hydroxylation sites is 1. The lowest BCUT2D eigenvalue weighted by Crippen LogP contribution is -2.37. The zero-order valence-electron chi connectivity index (χ0n) is 16.7. The number of nitrogens with zero attached hydrogens (tertiary/aromatic N) is 4. The molecule has 3 heterocycles. The molecule has 0 radical (unpaired) electrons. The Hall–Kier alpha value is -3.52. The predicted octanol–water partition coefficient (Wildman–Crippen LogP) is 3.30. The molecule has 0 atom stereocenters. The third-order valence-corrected chi connectivity index (χ3v) is 4.67. The summed E-state index contributed by atoms with van der Waals surface area (Å²) in [5.74, 6) is 0.874. The second kappa shape index (κ2) is 9.32. The molecule has 30 heavy (non-hydrogen) atoms. The first-order chi connectivity index (χ1) is 14.7. The van der Waals surface area contributed by atoms with Crippen LogP contribution in [0.15, 0.2) is 55.0 Å². The number of hydrogen-bond donors (Lipinski definition) is 1. The van der Waals surface area contributed by atoms with Gasteiger partial charge >= 0.3 is 5.97 Å². The third kappa shape index (κ3) is 4.55. The molecular weight excluding hydrogens is 382 g/mol. The van der Waals surface area contributed by atoms with Crippen molar-refractivity contribution in [1.29, 1.82) is 0 Å². The number of aromatic nitrogens is 3. The molecule has 8 heteroatoms. The molecule has 8 nitrogen and oxygen atoms in total. The number of carbonyl (C=O) groups excluding carboxylic acids is 1. The minimum Gasteiger partial charge on any atom is -0.462 e. The standard InChI is InChI=1S/C22H23N5O3/c1-2-30-21(28)17-12-16(13-23-14-17)19-15-24-22(25-18-6-4-3-5-7-18)26-20(19)27-8-10-29-11-9-27/h3-7,12-15H,2,8-11H2,1H3,(H,24,25,26). The van der Waals surface area contributed by atoms with Gasteiger partial charge in [-0.05, 0) is 25.1 Å². The summed E-state index contributed by atoms with van der Waals surface area (Å²) in [7, 11) is 0. The maximum Gasteiger partial charge on any atom is 0.339 e. The van der Waals surface area contributed by atoms with Crippen molar-refractivity contribution in [3.8, 4) is 11.1 Å². The summed E-state index contributed by atoms with van der Waals surface area (Å²) in [6.07, 6.45) is 4.97. The fourth-order valence-corrected chi connectivity index (χ4v) is 3.22. The van der Waals surface area contributed by atoms with E-state index in [-0.39, 0.29) is 0 Å². The number of hydrogen-bond acceptors (Lipinski definition) is 8. The molecule has 1 fully saturated rings. The van der Waals surface area contributed by atoms with Crippen LogP contribution in [0.3, 0.4) is 0 Å². The molecule has 0 bridgehead atoms. The molecular formula is C22H23N5O3. The van der Waals surface area contributed by atoms with E-state index in [1.54, 1.807) is 25.4 Å². The number of esters is 1. The van der Waals surface area contributed by atoms with E-state index in [1.165, 1.54) is 6.20 Å². The molecule has 154 valence electrons. The summed E-state index contributed by atoms with van der Waals surface area (Å²) in [6, 6.07) is 11.5. The molecule has 0 saturated carbocycles. The number of nitrogens with one attached hydrogen (secondary N) is 1. The summed E-state index contributed by atoms with van der Waals surface area (Å²) < 4.78 is 10.6. The van der Waals surface area contributed by atoms with Crippen molar-refractivity contribution in [3.63, 3.8) is 0 Å². The highest BCUT2D eigenvalue weighted by atomic mass is 16.5. The van der Waals surface area contributed by atoms with E-state index >= 15 is 0 Å². The Bertz CT molecular complexity index is 1010. The zero-order valence-corrected chi connectivity index (χ0v) is 16.7. The average molecular weight is 405 g/mol. The normalized spacial score (nSPS) is 13.7. The second-order valence-corrected chi connectivity index (χ2v) is 6.70. The highest BCUT2D eigenvalue weighted by Crippen LogP contribution is 2.31. The van der Waals surface area contributed by atoms with Crippen molar-refractivity contribution >= 4 is 23.4 Å². The van der Waals surface area contributed by atoms with Gasteiger partial charge in [0.2, 0.25) is 5.95 Å². The van der Waals surface area contributed by atoms with E-state index in [1.807, 2.05) is 30.3 Å². The van der Waals surface area contributed by atoms with Gasteiger partial charge in [0.15, 0.2) is 0 Å². The molecule has 2 aromatic heterocycles. The Balaban J connectivity index is 1.71. The molecule has 4 rings (SSSR count). The van der Waals surface area contributed by atoms with Gasteiger partial charge in [-0.2, -0.15) is 4.98 Å². The first kappa shape index (κ1) is 19.8. The van der Waals surface area contributed by atoms with Crippen LogP contribution in [0, 0.1) is 0 Å². The Morgan fingerprint density at radius 2 is 1.97 bits per heavy atom. The summed E-state index contributed by atoms with van der Waals surface area (Å²) in [5.41, 5.74) is 2.86. The Morgan fingerprint density at radius 1 is 1.17 bits per heavy atom. The van der Waals surface area contributed by atoms with Gasteiger partial charge in [0, 0.05) is 48.5 Å². The fourth-order valence-electron chi connectivity index (χ4n) is 3.22. The summed E-state index contributed by atoms with van der Waals surface area (Å²) >= 11 is 0. The zero-order chi connectivity index (χ0) is 20.8. The average Bonchev–Trinajstić information content (AvgIpc) is 2.80. The molecule has 1 N–H and O–H groups in total.